The molecule has 0 aromatic carbocycles. The van der Waals surface area contributed by atoms with Gasteiger partial charge in [0.1, 0.15) is 17.2 Å². The summed E-state index contributed by atoms with van der Waals surface area (Å²) in [7, 11) is 0. The third-order valence-electron chi connectivity index (χ3n) is 4.56. The zero-order valence-electron chi connectivity index (χ0n) is 14.8. The molecule has 0 amide bonds. The molecule has 3 aromatic heterocycles. The van der Waals surface area contributed by atoms with Gasteiger partial charge in [0.05, 0.1) is 18.9 Å². The van der Waals surface area contributed by atoms with Crippen molar-refractivity contribution in [1.82, 2.24) is 19.3 Å². The second-order valence-corrected chi connectivity index (χ2v) is 6.47. The van der Waals surface area contributed by atoms with E-state index in [-0.39, 0.29) is 0 Å². The number of halogens is 1. The number of hydrogen-bond acceptors (Lipinski definition) is 5. The van der Waals surface area contributed by atoms with E-state index >= 15 is 0 Å². The first kappa shape index (κ1) is 16.9. The van der Waals surface area contributed by atoms with Gasteiger partial charge in [-0.2, -0.15) is 4.39 Å². The van der Waals surface area contributed by atoms with Crippen LogP contribution in [0.4, 0.5) is 10.2 Å². The molecule has 1 fully saturated rings. The highest BCUT2D eigenvalue weighted by Crippen LogP contribution is 2.27. The van der Waals surface area contributed by atoms with Crippen molar-refractivity contribution in [2.24, 2.45) is 0 Å². The molecule has 0 spiro atoms. The predicted octanol–water partition coefficient (Wildman–Crippen LogP) is 2.59. The second kappa shape index (κ2) is 7.39. The number of imidazole rings is 1. The maximum absolute atomic E-state index is 13.6. The average Bonchev–Trinajstić information content (AvgIpc) is 3.00. The molecule has 1 aliphatic rings. The summed E-state index contributed by atoms with van der Waals surface area (Å²) >= 11 is 0. The Morgan fingerprint density at radius 3 is 2.85 bits per heavy atom. The van der Waals surface area contributed by atoms with Crippen LogP contribution in [0.1, 0.15) is 5.56 Å². The molecule has 0 unspecified atom stereocenters. The van der Waals surface area contributed by atoms with Gasteiger partial charge in [-0.25, -0.2) is 9.97 Å². The van der Waals surface area contributed by atoms with Crippen molar-refractivity contribution in [3.05, 3.63) is 48.0 Å². The molecule has 0 radical (unpaired) electrons. The van der Waals surface area contributed by atoms with E-state index in [1.807, 2.05) is 29.7 Å². The van der Waals surface area contributed by atoms with Crippen molar-refractivity contribution < 1.29 is 9.13 Å². The van der Waals surface area contributed by atoms with Crippen molar-refractivity contribution in [1.29, 1.82) is 0 Å². The Bertz CT molecular complexity index is 904. The van der Waals surface area contributed by atoms with E-state index in [0.29, 0.717) is 11.4 Å². The Kier molecular flexibility index (Phi) is 4.81. The van der Waals surface area contributed by atoms with Crippen LogP contribution in [-0.4, -0.2) is 58.7 Å². The Balaban J connectivity index is 1.63. The molecular formula is C19H22FN5O. The maximum atomic E-state index is 13.6. The molecule has 7 heteroatoms. The van der Waals surface area contributed by atoms with Crippen LogP contribution in [0.5, 0.6) is 0 Å². The molecule has 0 bridgehead atoms. The average molecular weight is 355 g/mol. The summed E-state index contributed by atoms with van der Waals surface area (Å²) in [4.78, 5) is 11.1. The fourth-order valence-electron chi connectivity index (χ4n) is 3.19. The van der Waals surface area contributed by atoms with Gasteiger partial charge in [0, 0.05) is 32.4 Å². The topological polar surface area (TPSA) is 54.7 Å². The lowest BCUT2D eigenvalue weighted by Gasteiger charge is -2.26. The van der Waals surface area contributed by atoms with Crippen molar-refractivity contribution in [3.63, 3.8) is 0 Å². The number of anilines is 1. The highest BCUT2D eigenvalue weighted by molar-refractivity contribution is 5.74. The lowest BCUT2D eigenvalue weighted by molar-refractivity contribution is 0.0398. The monoisotopic (exact) mass is 355 g/mol. The second-order valence-electron chi connectivity index (χ2n) is 6.47. The molecule has 4 heterocycles. The van der Waals surface area contributed by atoms with E-state index in [0.717, 1.165) is 56.4 Å². The summed E-state index contributed by atoms with van der Waals surface area (Å²) in [6.07, 6.45) is 1.98. The van der Waals surface area contributed by atoms with Crippen LogP contribution >= 0.6 is 0 Å². The highest BCUT2D eigenvalue weighted by atomic mass is 19.1. The third-order valence-corrected chi connectivity index (χ3v) is 4.56. The minimum Gasteiger partial charge on any atom is -0.379 e. The van der Waals surface area contributed by atoms with E-state index in [2.05, 4.69) is 20.2 Å². The predicted molar refractivity (Wildman–Crippen MR) is 98.9 cm³/mol. The van der Waals surface area contributed by atoms with Crippen LogP contribution in [0.2, 0.25) is 0 Å². The van der Waals surface area contributed by atoms with E-state index in [9.17, 15) is 4.39 Å². The van der Waals surface area contributed by atoms with E-state index < -0.39 is 5.95 Å². The number of morpholine rings is 1. The first-order valence-electron chi connectivity index (χ1n) is 8.86. The van der Waals surface area contributed by atoms with Gasteiger partial charge in [-0.1, -0.05) is 6.07 Å². The summed E-state index contributed by atoms with van der Waals surface area (Å²) < 4.78 is 21.0. The van der Waals surface area contributed by atoms with Crippen molar-refractivity contribution in [2.75, 3.05) is 44.7 Å². The fourth-order valence-corrected chi connectivity index (χ4v) is 3.19. The number of nitrogens with zero attached hydrogens (tertiary/aromatic N) is 4. The Morgan fingerprint density at radius 1 is 1.19 bits per heavy atom. The first-order valence-corrected chi connectivity index (χ1v) is 8.86. The summed E-state index contributed by atoms with van der Waals surface area (Å²) in [5, 5.41) is 3.48. The quantitative estimate of drug-likeness (QED) is 0.713. The Labute approximate surface area is 151 Å². The normalized spacial score (nSPS) is 15.5. The van der Waals surface area contributed by atoms with Crippen molar-refractivity contribution in [3.8, 4) is 11.4 Å². The highest BCUT2D eigenvalue weighted by Gasteiger charge is 2.16. The first-order chi connectivity index (χ1) is 12.7. The molecule has 0 atom stereocenters. The molecule has 1 aliphatic heterocycles. The third kappa shape index (κ3) is 3.54. The molecule has 1 saturated heterocycles. The molecule has 26 heavy (non-hydrogen) atoms. The van der Waals surface area contributed by atoms with Gasteiger partial charge in [0.25, 0.3) is 0 Å². The van der Waals surface area contributed by atoms with Gasteiger partial charge < -0.3 is 10.1 Å². The lowest BCUT2D eigenvalue weighted by atomic mass is 10.2. The van der Waals surface area contributed by atoms with Crippen LogP contribution in [0.15, 0.2) is 36.5 Å². The lowest BCUT2D eigenvalue weighted by Crippen LogP contribution is -2.39. The van der Waals surface area contributed by atoms with Crippen LogP contribution in [0.3, 0.4) is 0 Å². The van der Waals surface area contributed by atoms with Gasteiger partial charge in [0.2, 0.25) is 5.95 Å². The van der Waals surface area contributed by atoms with Crippen LogP contribution < -0.4 is 5.32 Å². The Hall–Kier alpha value is -2.51. The smallest absolute Gasteiger partial charge is 0.213 e. The largest absolute Gasteiger partial charge is 0.379 e. The number of aryl methyl sites for hydroxylation is 1. The molecule has 6 nitrogen and oxygen atoms in total. The van der Waals surface area contributed by atoms with Gasteiger partial charge in [-0.15, -0.1) is 0 Å². The van der Waals surface area contributed by atoms with Gasteiger partial charge >= 0.3 is 0 Å². The number of ether oxygens (including phenoxy) is 1. The molecule has 4 rings (SSSR count). The zero-order chi connectivity index (χ0) is 17.9. The molecule has 3 aromatic rings. The SMILES string of the molecule is Cc1ccn2c(NCCN3CCOCC3)c(-c3cccc(F)n3)nc2c1. The number of nitrogens with one attached hydrogen (secondary N) is 1. The minimum atomic E-state index is -0.505. The summed E-state index contributed by atoms with van der Waals surface area (Å²) in [5.74, 6) is 0.335. The number of pyridine rings is 2. The van der Waals surface area contributed by atoms with Crippen molar-refractivity contribution in [2.45, 2.75) is 6.92 Å². The van der Waals surface area contributed by atoms with Crippen LogP contribution in [0, 0.1) is 12.9 Å². The summed E-state index contributed by atoms with van der Waals surface area (Å²) in [6, 6.07) is 8.82. The molecule has 0 aliphatic carbocycles. The zero-order valence-corrected chi connectivity index (χ0v) is 14.8. The fraction of sp³-hybridized carbons (Fsp3) is 0.368. The van der Waals surface area contributed by atoms with Gasteiger partial charge in [-0.05, 0) is 36.8 Å². The van der Waals surface area contributed by atoms with E-state index in [1.54, 1.807) is 12.1 Å². The Morgan fingerprint density at radius 2 is 2.04 bits per heavy atom. The molecule has 136 valence electrons. The van der Waals surface area contributed by atoms with Crippen molar-refractivity contribution >= 4 is 11.5 Å². The van der Waals surface area contributed by atoms with E-state index in [4.69, 9.17) is 4.74 Å². The number of fused-ring (bicyclic) bond motifs is 1. The van der Waals surface area contributed by atoms with Gasteiger partial charge in [0.15, 0.2) is 0 Å². The number of hydrogen-bond donors (Lipinski definition) is 1. The molecule has 0 saturated carbocycles. The van der Waals surface area contributed by atoms with Crippen LogP contribution in [-0.2, 0) is 4.74 Å². The molecular weight excluding hydrogens is 333 g/mol. The number of aromatic nitrogens is 3. The minimum absolute atomic E-state index is 0.505. The maximum Gasteiger partial charge on any atom is 0.213 e. The summed E-state index contributed by atoms with van der Waals surface area (Å²) in [6.45, 7) is 7.18. The van der Waals surface area contributed by atoms with E-state index in [1.165, 1.54) is 6.07 Å². The van der Waals surface area contributed by atoms with Crippen LogP contribution in [0.25, 0.3) is 17.0 Å². The summed E-state index contributed by atoms with van der Waals surface area (Å²) in [5.41, 5.74) is 3.14. The number of rotatable bonds is 5. The molecule has 1 N–H and O–H groups in total. The standard InChI is InChI=1S/C19H22FN5O/c1-14-5-7-25-17(13-14)23-18(15-3-2-4-16(20)22-15)19(25)21-6-8-24-9-11-26-12-10-24/h2-5,7,13,21H,6,8-12H2,1H3. The van der Waals surface area contributed by atoms with Gasteiger partial charge in [-0.3, -0.25) is 9.30 Å².